The summed E-state index contributed by atoms with van der Waals surface area (Å²) in [5.74, 6) is -0.202. The maximum Gasteiger partial charge on any atom is 0.255 e. The number of nitrogen functional groups attached to an aromatic ring is 1. The number of hydrogen-bond acceptors (Lipinski definition) is 3. The van der Waals surface area contributed by atoms with Gasteiger partial charge in [0.1, 0.15) is 0 Å². The highest BCUT2D eigenvalue weighted by molar-refractivity contribution is 5.98. The average molecular weight is 255 g/mol. The molecular weight excluding hydrogens is 238 g/mol. The monoisotopic (exact) mass is 255 g/mol. The predicted octanol–water partition coefficient (Wildman–Crippen LogP) is 2.21. The zero-order chi connectivity index (χ0) is 13.8. The number of aryl methyl sites for hydroxylation is 2. The molecule has 0 fully saturated rings. The Labute approximate surface area is 112 Å². The minimum absolute atomic E-state index is 0.202. The van der Waals surface area contributed by atoms with Crippen LogP contribution in [0.4, 0.5) is 5.69 Å². The van der Waals surface area contributed by atoms with Crippen molar-refractivity contribution in [1.29, 1.82) is 0 Å². The van der Waals surface area contributed by atoms with Gasteiger partial charge in [-0.1, -0.05) is 29.8 Å². The van der Waals surface area contributed by atoms with Gasteiger partial charge in [-0.15, -0.1) is 0 Å². The third kappa shape index (κ3) is 3.31. The molecule has 1 heterocycles. The van der Waals surface area contributed by atoms with Crippen LogP contribution < -0.4 is 11.1 Å². The van der Waals surface area contributed by atoms with Gasteiger partial charge in [0, 0.05) is 24.1 Å². The number of aromatic nitrogens is 1. The number of carbonyl (C=O) groups excluding carboxylic acids is 1. The van der Waals surface area contributed by atoms with E-state index in [-0.39, 0.29) is 5.91 Å². The van der Waals surface area contributed by atoms with Crippen LogP contribution >= 0.6 is 0 Å². The van der Waals surface area contributed by atoms with Crippen molar-refractivity contribution >= 4 is 11.6 Å². The number of amides is 1. The Morgan fingerprint density at radius 1 is 1.32 bits per heavy atom. The number of nitrogens with two attached hydrogens (primary N) is 1. The van der Waals surface area contributed by atoms with Crippen molar-refractivity contribution < 1.29 is 4.79 Å². The number of pyridine rings is 1. The maximum absolute atomic E-state index is 12.0. The van der Waals surface area contributed by atoms with Crippen molar-refractivity contribution in [1.82, 2.24) is 10.3 Å². The molecule has 1 aromatic heterocycles. The van der Waals surface area contributed by atoms with Crippen LogP contribution in [0.2, 0.25) is 0 Å². The summed E-state index contributed by atoms with van der Waals surface area (Å²) in [6.45, 7) is 4.34. The number of anilines is 1. The summed E-state index contributed by atoms with van der Waals surface area (Å²) in [6.07, 6.45) is 1.51. The Balaban J connectivity index is 2.05. The van der Waals surface area contributed by atoms with Crippen LogP contribution in [-0.4, -0.2) is 10.9 Å². The SMILES string of the molecule is Cc1cccc(CNC(=O)c2cnc(C)cc2N)c1. The van der Waals surface area contributed by atoms with E-state index in [2.05, 4.69) is 10.3 Å². The molecule has 4 nitrogen and oxygen atoms in total. The van der Waals surface area contributed by atoms with Gasteiger partial charge in [0.2, 0.25) is 0 Å². The van der Waals surface area contributed by atoms with Gasteiger partial charge in [-0.05, 0) is 25.5 Å². The Morgan fingerprint density at radius 2 is 2.11 bits per heavy atom. The van der Waals surface area contributed by atoms with Gasteiger partial charge in [-0.3, -0.25) is 9.78 Å². The second kappa shape index (κ2) is 5.52. The number of carbonyl (C=O) groups is 1. The first kappa shape index (κ1) is 13.1. The lowest BCUT2D eigenvalue weighted by Gasteiger charge is -2.08. The van der Waals surface area contributed by atoms with Crippen LogP contribution in [0.25, 0.3) is 0 Å². The molecule has 1 aromatic carbocycles. The summed E-state index contributed by atoms with van der Waals surface area (Å²) in [4.78, 5) is 16.1. The molecule has 0 saturated heterocycles. The van der Waals surface area contributed by atoms with Gasteiger partial charge in [0.25, 0.3) is 5.91 Å². The molecule has 0 unspecified atom stereocenters. The van der Waals surface area contributed by atoms with Crippen LogP contribution in [0.5, 0.6) is 0 Å². The van der Waals surface area contributed by atoms with E-state index in [1.54, 1.807) is 6.07 Å². The van der Waals surface area contributed by atoms with Gasteiger partial charge in [0.05, 0.1) is 5.56 Å². The largest absolute Gasteiger partial charge is 0.398 e. The van der Waals surface area contributed by atoms with Gasteiger partial charge < -0.3 is 11.1 Å². The maximum atomic E-state index is 12.0. The van der Waals surface area contributed by atoms with Gasteiger partial charge >= 0.3 is 0 Å². The zero-order valence-corrected chi connectivity index (χ0v) is 11.1. The fourth-order valence-corrected chi connectivity index (χ4v) is 1.87. The van der Waals surface area contributed by atoms with Crippen molar-refractivity contribution in [3.05, 3.63) is 58.9 Å². The molecule has 0 saturated carbocycles. The van der Waals surface area contributed by atoms with E-state index in [9.17, 15) is 4.79 Å². The molecule has 0 radical (unpaired) electrons. The molecule has 0 aliphatic carbocycles. The highest BCUT2D eigenvalue weighted by atomic mass is 16.1. The number of nitrogens with one attached hydrogen (secondary N) is 1. The molecule has 2 aromatic rings. The molecule has 4 heteroatoms. The summed E-state index contributed by atoms with van der Waals surface area (Å²) in [5.41, 5.74) is 9.71. The number of rotatable bonds is 3. The average Bonchev–Trinajstić information content (AvgIpc) is 2.36. The normalized spacial score (nSPS) is 10.2. The van der Waals surface area contributed by atoms with E-state index < -0.39 is 0 Å². The molecule has 0 aliphatic heterocycles. The minimum Gasteiger partial charge on any atom is -0.398 e. The van der Waals surface area contributed by atoms with E-state index >= 15 is 0 Å². The minimum atomic E-state index is -0.202. The molecule has 0 aliphatic rings. The fourth-order valence-electron chi connectivity index (χ4n) is 1.87. The third-order valence-electron chi connectivity index (χ3n) is 2.85. The summed E-state index contributed by atoms with van der Waals surface area (Å²) in [5, 5.41) is 2.84. The lowest BCUT2D eigenvalue weighted by Crippen LogP contribution is -2.24. The summed E-state index contributed by atoms with van der Waals surface area (Å²) >= 11 is 0. The Bertz CT molecular complexity index is 608. The van der Waals surface area contributed by atoms with Crippen molar-refractivity contribution in [2.75, 3.05) is 5.73 Å². The van der Waals surface area contributed by atoms with E-state index in [0.29, 0.717) is 17.8 Å². The molecular formula is C15H17N3O. The number of nitrogens with zero attached hydrogens (tertiary/aromatic N) is 1. The third-order valence-corrected chi connectivity index (χ3v) is 2.85. The fraction of sp³-hybridized carbons (Fsp3) is 0.200. The van der Waals surface area contributed by atoms with Gasteiger partial charge in [0.15, 0.2) is 0 Å². The lowest BCUT2D eigenvalue weighted by atomic mass is 10.1. The molecule has 0 spiro atoms. The molecule has 3 N–H and O–H groups in total. The molecule has 0 atom stereocenters. The summed E-state index contributed by atoms with van der Waals surface area (Å²) in [6, 6.07) is 9.70. The predicted molar refractivity (Wildman–Crippen MR) is 75.7 cm³/mol. The number of hydrogen-bond donors (Lipinski definition) is 2. The van der Waals surface area contributed by atoms with Gasteiger partial charge in [-0.2, -0.15) is 0 Å². The highest BCUT2D eigenvalue weighted by Crippen LogP contribution is 2.11. The number of benzene rings is 1. The smallest absolute Gasteiger partial charge is 0.255 e. The lowest BCUT2D eigenvalue weighted by molar-refractivity contribution is 0.0951. The van der Waals surface area contributed by atoms with E-state index in [4.69, 9.17) is 5.73 Å². The van der Waals surface area contributed by atoms with Crippen LogP contribution in [0.15, 0.2) is 36.5 Å². The first-order valence-electron chi connectivity index (χ1n) is 6.12. The Hall–Kier alpha value is -2.36. The van der Waals surface area contributed by atoms with Crippen LogP contribution in [-0.2, 0) is 6.54 Å². The quantitative estimate of drug-likeness (QED) is 0.883. The highest BCUT2D eigenvalue weighted by Gasteiger charge is 2.09. The topological polar surface area (TPSA) is 68.0 Å². The van der Waals surface area contributed by atoms with Crippen molar-refractivity contribution in [2.24, 2.45) is 0 Å². The van der Waals surface area contributed by atoms with Crippen LogP contribution in [0, 0.1) is 13.8 Å². The van der Waals surface area contributed by atoms with Crippen molar-refractivity contribution in [3.63, 3.8) is 0 Å². The molecule has 2 rings (SSSR count). The van der Waals surface area contributed by atoms with Crippen LogP contribution in [0.3, 0.4) is 0 Å². The first-order valence-corrected chi connectivity index (χ1v) is 6.12. The Morgan fingerprint density at radius 3 is 2.79 bits per heavy atom. The van der Waals surface area contributed by atoms with E-state index in [1.807, 2.05) is 38.1 Å². The standard InChI is InChI=1S/C15H17N3O/c1-10-4-3-5-12(6-10)8-18-15(19)13-9-17-11(2)7-14(13)16/h3-7,9H,8H2,1-2H3,(H2,16,17)(H,18,19). The molecule has 0 bridgehead atoms. The summed E-state index contributed by atoms with van der Waals surface area (Å²) < 4.78 is 0. The second-order valence-corrected chi connectivity index (χ2v) is 4.58. The zero-order valence-electron chi connectivity index (χ0n) is 11.1. The summed E-state index contributed by atoms with van der Waals surface area (Å²) in [7, 11) is 0. The van der Waals surface area contributed by atoms with Crippen LogP contribution in [0.1, 0.15) is 27.2 Å². The molecule has 19 heavy (non-hydrogen) atoms. The van der Waals surface area contributed by atoms with E-state index in [0.717, 1.165) is 11.3 Å². The van der Waals surface area contributed by atoms with Crippen molar-refractivity contribution in [3.8, 4) is 0 Å². The molecule has 98 valence electrons. The second-order valence-electron chi connectivity index (χ2n) is 4.58. The first-order chi connectivity index (χ1) is 9.06. The molecule has 1 amide bonds. The van der Waals surface area contributed by atoms with Gasteiger partial charge in [-0.25, -0.2) is 0 Å². The Kier molecular flexibility index (Phi) is 3.80. The van der Waals surface area contributed by atoms with Crippen molar-refractivity contribution in [2.45, 2.75) is 20.4 Å². The van der Waals surface area contributed by atoms with E-state index in [1.165, 1.54) is 11.8 Å².